The minimum Gasteiger partial charge on any atom is -0.481 e. The number of aromatic nitrogens is 3. The van der Waals surface area contributed by atoms with Crippen molar-refractivity contribution in [2.75, 3.05) is 0 Å². The van der Waals surface area contributed by atoms with Crippen molar-refractivity contribution in [1.29, 1.82) is 0 Å². The zero-order valence-electron chi connectivity index (χ0n) is 7.61. The van der Waals surface area contributed by atoms with E-state index in [1.807, 2.05) is 0 Å². The molecule has 5 heteroatoms. The Labute approximate surface area is 75.9 Å². The highest BCUT2D eigenvalue weighted by atomic mass is 16.4. The maximum absolute atomic E-state index is 10.3. The lowest BCUT2D eigenvalue weighted by atomic mass is 10.3. The zero-order chi connectivity index (χ0) is 9.84. The van der Waals surface area contributed by atoms with E-state index in [4.69, 9.17) is 5.11 Å². The number of aliphatic carboxylic acids is 1. The average Bonchev–Trinajstić information content (AvgIpc) is 1.99. The molecular formula is C8H11N3O2. The molecule has 0 aromatic carbocycles. The van der Waals surface area contributed by atoms with Gasteiger partial charge in [-0.3, -0.25) is 4.79 Å². The van der Waals surface area contributed by atoms with Crippen molar-refractivity contribution in [2.45, 2.75) is 26.7 Å². The summed E-state index contributed by atoms with van der Waals surface area (Å²) < 4.78 is 0. The third-order valence-electron chi connectivity index (χ3n) is 1.47. The van der Waals surface area contributed by atoms with Gasteiger partial charge in [-0.15, -0.1) is 0 Å². The van der Waals surface area contributed by atoms with E-state index in [0.29, 0.717) is 23.9 Å². The fourth-order valence-electron chi connectivity index (χ4n) is 1.01. The van der Waals surface area contributed by atoms with E-state index in [2.05, 4.69) is 15.0 Å². The number of hydrogen-bond donors (Lipinski definition) is 1. The summed E-state index contributed by atoms with van der Waals surface area (Å²) in [6, 6.07) is 0. The molecule has 70 valence electrons. The second-order valence-corrected chi connectivity index (χ2v) is 2.74. The quantitative estimate of drug-likeness (QED) is 0.735. The van der Waals surface area contributed by atoms with E-state index in [-0.39, 0.29) is 6.42 Å². The van der Waals surface area contributed by atoms with E-state index in [1.165, 1.54) is 0 Å². The Hall–Kier alpha value is -1.52. The number of aryl methyl sites for hydroxylation is 3. The summed E-state index contributed by atoms with van der Waals surface area (Å²) in [5.74, 6) is 0.976. The molecule has 0 bridgehead atoms. The van der Waals surface area contributed by atoms with Gasteiger partial charge >= 0.3 is 5.97 Å². The van der Waals surface area contributed by atoms with E-state index in [1.54, 1.807) is 13.8 Å². The number of carboxylic acid groups (broad SMARTS) is 1. The van der Waals surface area contributed by atoms with Crippen LogP contribution in [-0.4, -0.2) is 26.0 Å². The molecule has 0 atom stereocenters. The number of carboxylic acids is 1. The molecule has 1 aromatic rings. The van der Waals surface area contributed by atoms with Gasteiger partial charge in [0.15, 0.2) is 0 Å². The number of carbonyl (C=O) groups is 1. The van der Waals surface area contributed by atoms with Crippen molar-refractivity contribution in [3.05, 3.63) is 17.5 Å². The van der Waals surface area contributed by atoms with Gasteiger partial charge < -0.3 is 5.11 Å². The van der Waals surface area contributed by atoms with Crippen LogP contribution in [0.4, 0.5) is 0 Å². The van der Waals surface area contributed by atoms with Crippen molar-refractivity contribution < 1.29 is 9.90 Å². The zero-order valence-corrected chi connectivity index (χ0v) is 7.61. The Morgan fingerprint density at radius 1 is 1.23 bits per heavy atom. The predicted molar refractivity (Wildman–Crippen MR) is 45.3 cm³/mol. The van der Waals surface area contributed by atoms with Crippen LogP contribution in [0.5, 0.6) is 0 Å². The predicted octanol–water partition coefficient (Wildman–Crippen LogP) is 0.506. The summed E-state index contributed by atoms with van der Waals surface area (Å²) in [5.41, 5.74) is 0. The molecule has 0 aliphatic carbocycles. The van der Waals surface area contributed by atoms with Crippen LogP contribution < -0.4 is 0 Å². The van der Waals surface area contributed by atoms with Crippen LogP contribution in [0.25, 0.3) is 0 Å². The monoisotopic (exact) mass is 181 g/mol. The summed E-state index contributed by atoms with van der Waals surface area (Å²) >= 11 is 0. The molecule has 0 aliphatic heterocycles. The molecule has 1 heterocycles. The van der Waals surface area contributed by atoms with Crippen molar-refractivity contribution in [2.24, 2.45) is 0 Å². The van der Waals surface area contributed by atoms with Gasteiger partial charge in [-0.2, -0.15) is 0 Å². The molecule has 0 aliphatic rings. The Bertz CT molecular complexity index is 305. The molecule has 1 aromatic heterocycles. The first kappa shape index (κ1) is 9.57. The minimum absolute atomic E-state index is 0.0584. The summed E-state index contributed by atoms with van der Waals surface area (Å²) in [4.78, 5) is 22.3. The van der Waals surface area contributed by atoms with Gasteiger partial charge in [0.05, 0.1) is 6.42 Å². The van der Waals surface area contributed by atoms with Gasteiger partial charge in [0.25, 0.3) is 0 Å². The molecule has 0 amide bonds. The van der Waals surface area contributed by atoms with Crippen LogP contribution in [0.15, 0.2) is 0 Å². The SMILES string of the molecule is Cc1nc(C)nc(CCC(=O)O)n1. The second-order valence-electron chi connectivity index (χ2n) is 2.74. The van der Waals surface area contributed by atoms with Crippen LogP contribution >= 0.6 is 0 Å². The Balaban J connectivity index is 2.71. The first-order valence-electron chi connectivity index (χ1n) is 3.98. The Morgan fingerprint density at radius 3 is 2.23 bits per heavy atom. The normalized spacial score (nSPS) is 10.0. The number of nitrogens with zero attached hydrogens (tertiary/aromatic N) is 3. The van der Waals surface area contributed by atoms with E-state index in [9.17, 15) is 4.79 Å². The molecule has 5 nitrogen and oxygen atoms in total. The maximum atomic E-state index is 10.3. The Morgan fingerprint density at radius 2 is 1.77 bits per heavy atom. The van der Waals surface area contributed by atoms with Gasteiger partial charge in [0, 0.05) is 6.42 Å². The highest BCUT2D eigenvalue weighted by molar-refractivity contribution is 5.66. The molecular weight excluding hydrogens is 170 g/mol. The topological polar surface area (TPSA) is 76.0 Å². The van der Waals surface area contributed by atoms with Crippen LogP contribution in [0.2, 0.25) is 0 Å². The molecule has 1 rings (SSSR count). The minimum atomic E-state index is -0.837. The Kier molecular flexibility index (Phi) is 2.89. The van der Waals surface area contributed by atoms with Gasteiger partial charge in [0.1, 0.15) is 17.5 Å². The fraction of sp³-hybridized carbons (Fsp3) is 0.500. The third kappa shape index (κ3) is 3.14. The molecule has 0 saturated carbocycles. The van der Waals surface area contributed by atoms with Gasteiger partial charge in [-0.25, -0.2) is 15.0 Å². The summed E-state index contributed by atoms with van der Waals surface area (Å²) in [6.07, 6.45) is 0.419. The lowest BCUT2D eigenvalue weighted by Crippen LogP contribution is -2.05. The summed E-state index contributed by atoms with van der Waals surface area (Å²) in [6.45, 7) is 3.53. The highest BCUT2D eigenvalue weighted by Gasteiger charge is 2.03. The van der Waals surface area contributed by atoms with Crippen molar-refractivity contribution in [3.63, 3.8) is 0 Å². The first-order chi connectivity index (χ1) is 6.08. The summed E-state index contributed by atoms with van der Waals surface area (Å²) in [5, 5.41) is 8.44. The molecule has 0 fully saturated rings. The molecule has 0 spiro atoms. The standard InChI is InChI=1S/C8H11N3O2/c1-5-9-6(2)11-7(10-5)3-4-8(12)13/h3-4H2,1-2H3,(H,12,13). The molecule has 0 saturated heterocycles. The van der Waals surface area contributed by atoms with Gasteiger partial charge in [-0.1, -0.05) is 0 Å². The van der Waals surface area contributed by atoms with Gasteiger partial charge in [0.2, 0.25) is 0 Å². The number of rotatable bonds is 3. The maximum Gasteiger partial charge on any atom is 0.303 e. The van der Waals surface area contributed by atoms with E-state index in [0.717, 1.165) is 0 Å². The molecule has 0 radical (unpaired) electrons. The highest BCUT2D eigenvalue weighted by Crippen LogP contribution is 1.97. The second kappa shape index (κ2) is 3.93. The van der Waals surface area contributed by atoms with Crippen molar-refractivity contribution >= 4 is 5.97 Å². The largest absolute Gasteiger partial charge is 0.481 e. The molecule has 0 unspecified atom stereocenters. The van der Waals surface area contributed by atoms with E-state index >= 15 is 0 Å². The van der Waals surface area contributed by atoms with Crippen molar-refractivity contribution in [3.8, 4) is 0 Å². The van der Waals surface area contributed by atoms with Crippen LogP contribution in [0, 0.1) is 13.8 Å². The molecule has 13 heavy (non-hydrogen) atoms. The lowest BCUT2D eigenvalue weighted by Gasteiger charge is -1.99. The fourth-order valence-corrected chi connectivity index (χ4v) is 1.01. The first-order valence-corrected chi connectivity index (χ1v) is 3.98. The van der Waals surface area contributed by atoms with Crippen LogP contribution in [0.1, 0.15) is 23.9 Å². The van der Waals surface area contributed by atoms with E-state index < -0.39 is 5.97 Å². The van der Waals surface area contributed by atoms with Crippen molar-refractivity contribution in [1.82, 2.24) is 15.0 Å². The smallest absolute Gasteiger partial charge is 0.303 e. The van der Waals surface area contributed by atoms with Crippen LogP contribution in [0.3, 0.4) is 0 Å². The molecule has 1 N–H and O–H groups in total. The van der Waals surface area contributed by atoms with Crippen LogP contribution in [-0.2, 0) is 11.2 Å². The van der Waals surface area contributed by atoms with Gasteiger partial charge in [-0.05, 0) is 13.8 Å². The average molecular weight is 181 g/mol. The third-order valence-corrected chi connectivity index (χ3v) is 1.47. The number of hydrogen-bond acceptors (Lipinski definition) is 4. The lowest BCUT2D eigenvalue weighted by molar-refractivity contribution is -0.137. The summed E-state index contributed by atoms with van der Waals surface area (Å²) in [7, 11) is 0.